The fourth-order valence-electron chi connectivity index (χ4n) is 4.73. The van der Waals surface area contributed by atoms with Crippen LogP contribution in [0.4, 0.5) is 20.6 Å². The maximum Gasteiger partial charge on any atom is 0.326 e. The van der Waals surface area contributed by atoms with Crippen LogP contribution in [0.15, 0.2) is 73.1 Å². The van der Waals surface area contributed by atoms with Gasteiger partial charge in [0.1, 0.15) is 5.82 Å². The van der Waals surface area contributed by atoms with Crippen LogP contribution in [0.2, 0.25) is 0 Å². The van der Waals surface area contributed by atoms with E-state index in [1.165, 1.54) is 24.3 Å². The zero-order valence-electron chi connectivity index (χ0n) is 17.1. The standard InChI is InChI=1S/C24H21FN4O3/c25-16-5-7-17(8-6-16)27-24(32)28-13-20-22(18-3-1-2-4-19(18)28)21(14-30)29(20)23(31)15-9-11-26-12-10-15/h1-12,20-22,30H,13-14H2,(H,27,32)/t20-,21+,22+/m0/s1. The van der Waals surface area contributed by atoms with Gasteiger partial charge in [-0.2, -0.15) is 0 Å². The number of likely N-dealkylation sites (tertiary alicyclic amines) is 1. The number of fused-ring (bicyclic) bond motifs is 3. The van der Waals surface area contributed by atoms with Gasteiger partial charge in [-0.3, -0.25) is 14.7 Å². The van der Waals surface area contributed by atoms with E-state index >= 15 is 0 Å². The summed E-state index contributed by atoms with van der Waals surface area (Å²) >= 11 is 0. The molecule has 3 aromatic rings. The molecule has 3 atom stereocenters. The van der Waals surface area contributed by atoms with Gasteiger partial charge >= 0.3 is 6.03 Å². The summed E-state index contributed by atoms with van der Waals surface area (Å²) < 4.78 is 13.2. The molecule has 2 aromatic carbocycles. The van der Waals surface area contributed by atoms with Gasteiger partial charge in [-0.1, -0.05) is 18.2 Å². The highest BCUT2D eigenvalue weighted by molar-refractivity contribution is 6.03. The smallest absolute Gasteiger partial charge is 0.326 e. The molecule has 2 aliphatic rings. The minimum atomic E-state index is -0.385. The van der Waals surface area contributed by atoms with Crippen molar-refractivity contribution in [2.75, 3.05) is 23.4 Å². The van der Waals surface area contributed by atoms with Gasteiger partial charge in [0.2, 0.25) is 0 Å². The van der Waals surface area contributed by atoms with Crippen molar-refractivity contribution in [2.45, 2.75) is 18.0 Å². The summed E-state index contributed by atoms with van der Waals surface area (Å²) in [5.41, 5.74) is 2.61. The zero-order valence-corrected chi connectivity index (χ0v) is 17.1. The minimum Gasteiger partial charge on any atom is -0.394 e. The number of hydrogen-bond donors (Lipinski definition) is 2. The number of anilines is 2. The van der Waals surface area contributed by atoms with Crippen LogP contribution in [0, 0.1) is 5.82 Å². The number of carbonyl (C=O) groups is 2. The van der Waals surface area contributed by atoms with E-state index in [0.29, 0.717) is 11.3 Å². The second kappa shape index (κ2) is 8.05. The highest BCUT2D eigenvalue weighted by Crippen LogP contribution is 2.48. The molecular formula is C24H21FN4O3. The summed E-state index contributed by atoms with van der Waals surface area (Å²) in [5, 5.41) is 12.9. The number of urea groups is 1. The van der Waals surface area contributed by atoms with Crippen molar-refractivity contribution < 1.29 is 19.1 Å². The van der Waals surface area contributed by atoms with Gasteiger partial charge in [0.25, 0.3) is 5.91 Å². The van der Waals surface area contributed by atoms with Gasteiger partial charge in [-0.25, -0.2) is 9.18 Å². The van der Waals surface area contributed by atoms with Crippen LogP contribution in [0.1, 0.15) is 21.8 Å². The largest absolute Gasteiger partial charge is 0.394 e. The predicted octanol–water partition coefficient (Wildman–Crippen LogP) is 3.24. The first kappa shape index (κ1) is 20.1. The van der Waals surface area contributed by atoms with Gasteiger partial charge < -0.3 is 15.3 Å². The lowest BCUT2D eigenvalue weighted by Crippen LogP contribution is -2.71. The number of aliphatic hydroxyl groups excluding tert-OH is 1. The number of rotatable bonds is 3. The molecule has 0 spiro atoms. The maximum absolute atomic E-state index is 13.2. The fraction of sp³-hybridized carbons (Fsp3) is 0.208. The number of carbonyl (C=O) groups excluding carboxylic acids is 2. The zero-order chi connectivity index (χ0) is 22.2. The third-order valence-electron chi connectivity index (χ3n) is 6.19. The average Bonchev–Trinajstić information content (AvgIpc) is 2.81. The molecule has 0 unspecified atom stereocenters. The summed E-state index contributed by atoms with van der Waals surface area (Å²) in [6.45, 7) is 0.107. The van der Waals surface area contributed by atoms with E-state index in [0.717, 1.165) is 11.3 Å². The second-order valence-corrected chi connectivity index (χ2v) is 7.90. The van der Waals surface area contributed by atoms with Crippen molar-refractivity contribution in [1.29, 1.82) is 0 Å². The molecule has 8 heteroatoms. The van der Waals surface area contributed by atoms with Gasteiger partial charge in [0.15, 0.2) is 0 Å². The number of hydrogen-bond acceptors (Lipinski definition) is 4. The number of pyridine rings is 1. The van der Waals surface area contributed by atoms with Crippen LogP contribution in [0.5, 0.6) is 0 Å². The SMILES string of the molecule is O=C(Nc1ccc(F)cc1)N1C[C@H]2[C@@H](c3ccccc31)[C@@H](CO)N2C(=O)c1ccncc1. The highest BCUT2D eigenvalue weighted by Gasteiger charge is 2.55. The van der Waals surface area contributed by atoms with Crippen LogP contribution in [-0.4, -0.2) is 52.2 Å². The Balaban J connectivity index is 1.46. The number of para-hydroxylation sites is 1. The van der Waals surface area contributed by atoms with Crippen molar-refractivity contribution in [3.05, 3.63) is 90.0 Å². The molecule has 0 aliphatic carbocycles. The first-order valence-corrected chi connectivity index (χ1v) is 10.3. The van der Waals surface area contributed by atoms with Crippen LogP contribution < -0.4 is 10.2 Å². The van der Waals surface area contributed by atoms with E-state index in [9.17, 15) is 19.1 Å². The van der Waals surface area contributed by atoms with Crippen LogP contribution in [0.25, 0.3) is 0 Å². The molecule has 0 bridgehead atoms. The number of amides is 3. The van der Waals surface area contributed by atoms with Crippen molar-refractivity contribution in [3.63, 3.8) is 0 Å². The van der Waals surface area contributed by atoms with Gasteiger partial charge in [-0.05, 0) is 48.0 Å². The van der Waals surface area contributed by atoms with E-state index in [2.05, 4.69) is 10.3 Å². The maximum atomic E-state index is 13.2. The number of nitrogens with zero attached hydrogens (tertiary/aromatic N) is 3. The van der Waals surface area contributed by atoms with Gasteiger partial charge in [-0.15, -0.1) is 0 Å². The third-order valence-corrected chi connectivity index (χ3v) is 6.19. The van der Waals surface area contributed by atoms with E-state index in [-0.39, 0.29) is 48.9 Å². The number of aromatic nitrogens is 1. The molecule has 7 nitrogen and oxygen atoms in total. The van der Waals surface area contributed by atoms with E-state index in [1.54, 1.807) is 34.3 Å². The Kier molecular flexibility index (Phi) is 5.07. The van der Waals surface area contributed by atoms with Crippen LogP contribution in [-0.2, 0) is 0 Å². The Morgan fingerprint density at radius 1 is 1.06 bits per heavy atom. The molecule has 1 fully saturated rings. The number of nitrogens with one attached hydrogen (secondary N) is 1. The Hall–Kier alpha value is -3.78. The van der Waals surface area contributed by atoms with Crippen molar-refractivity contribution in [2.24, 2.45) is 0 Å². The molecule has 32 heavy (non-hydrogen) atoms. The molecule has 2 aliphatic heterocycles. The van der Waals surface area contributed by atoms with E-state index < -0.39 is 0 Å². The Bertz CT molecular complexity index is 1160. The van der Waals surface area contributed by atoms with Crippen molar-refractivity contribution in [1.82, 2.24) is 9.88 Å². The lowest BCUT2D eigenvalue weighted by atomic mass is 9.71. The monoisotopic (exact) mass is 432 g/mol. The van der Waals surface area contributed by atoms with Gasteiger partial charge in [0.05, 0.1) is 18.7 Å². The number of halogens is 1. The second-order valence-electron chi connectivity index (χ2n) is 7.90. The molecule has 1 aromatic heterocycles. The molecular weight excluding hydrogens is 411 g/mol. The highest BCUT2D eigenvalue weighted by atomic mass is 19.1. The molecule has 0 saturated carbocycles. The lowest BCUT2D eigenvalue weighted by molar-refractivity contribution is -0.0241. The van der Waals surface area contributed by atoms with Crippen molar-refractivity contribution in [3.8, 4) is 0 Å². The summed E-state index contributed by atoms with van der Waals surface area (Å²) in [6, 6.07) is 15.3. The van der Waals surface area contributed by atoms with Crippen LogP contribution >= 0.6 is 0 Å². The molecule has 5 rings (SSSR count). The van der Waals surface area contributed by atoms with Gasteiger partial charge in [0, 0.05) is 41.8 Å². The minimum absolute atomic E-state index is 0.0724. The normalized spacial score (nSPS) is 21.2. The topological polar surface area (TPSA) is 85.8 Å². The molecule has 2 N–H and O–H groups in total. The first-order valence-electron chi connectivity index (χ1n) is 10.3. The van der Waals surface area contributed by atoms with Crippen molar-refractivity contribution >= 4 is 23.3 Å². The number of benzene rings is 2. The Morgan fingerprint density at radius 2 is 1.78 bits per heavy atom. The van der Waals surface area contributed by atoms with Crippen LogP contribution in [0.3, 0.4) is 0 Å². The summed E-state index contributed by atoms with van der Waals surface area (Å²) in [6.07, 6.45) is 3.11. The fourth-order valence-corrected chi connectivity index (χ4v) is 4.73. The quantitative estimate of drug-likeness (QED) is 0.665. The average molecular weight is 432 g/mol. The Labute approximate surface area is 184 Å². The first-order chi connectivity index (χ1) is 15.6. The van der Waals surface area contributed by atoms with E-state index in [4.69, 9.17) is 0 Å². The molecule has 0 radical (unpaired) electrons. The van der Waals surface area contributed by atoms with E-state index in [1.807, 2.05) is 24.3 Å². The number of aliphatic hydroxyl groups is 1. The summed E-state index contributed by atoms with van der Waals surface area (Å²) in [5.74, 6) is -0.660. The predicted molar refractivity (Wildman–Crippen MR) is 117 cm³/mol. The molecule has 3 amide bonds. The third kappa shape index (κ3) is 3.29. The Morgan fingerprint density at radius 3 is 2.50 bits per heavy atom. The molecule has 1 saturated heterocycles. The summed E-state index contributed by atoms with van der Waals surface area (Å²) in [7, 11) is 0. The summed E-state index contributed by atoms with van der Waals surface area (Å²) in [4.78, 5) is 33.6. The molecule has 162 valence electrons. The lowest BCUT2D eigenvalue weighted by Gasteiger charge is -2.58. The molecule has 3 heterocycles.